The lowest BCUT2D eigenvalue weighted by Gasteiger charge is -2.07. The number of aromatic nitrogens is 2. The van der Waals surface area contributed by atoms with Crippen LogP contribution < -0.4 is 10.6 Å². The summed E-state index contributed by atoms with van der Waals surface area (Å²) in [7, 11) is 0. The Hall–Kier alpha value is -3.54. The molecule has 0 atom stereocenters. The van der Waals surface area contributed by atoms with Gasteiger partial charge >= 0.3 is 0 Å². The second-order valence-electron chi connectivity index (χ2n) is 5.75. The van der Waals surface area contributed by atoms with Crippen molar-refractivity contribution in [1.82, 2.24) is 15.3 Å². The van der Waals surface area contributed by atoms with E-state index in [1.807, 2.05) is 49.4 Å². The third-order valence-corrected chi connectivity index (χ3v) is 3.72. The van der Waals surface area contributed by atoms with Gasteiger partial charge in [-0.2, -0.15) is 0 Å². The van der Waals surface area contributed by atoms with Crippen molar-refractivity contribution in [3.05, 3.63) is 89.5 Å². The number of benzene rings is 1. The normalized spacial score (nSPS) is 10.2. The molecule has 2 N–H and O–H groups in total. The molecule has 0 aliphatic heterocycles. The minimum Gasteiger partial charge on any atom is -0.345 e. The number of rotatable bonds is 5. The van der Waals surface area contributed by atoms with Crippen molar-refractivity contribution < 1.29 is 9.59 Å². The Morgan fingerprint density at radius 2 is 1.73 bits per heavy atom. The van der Waals surface area contributed by atoms with Gasteiger partial charge in [-0.3, -0.25) is 19.6 Å². The van der Waals surface area contributed by atoms with Crippen LogP contribution in [0.1, 0.15) is 32.1 Å². The average molecular weight is 346 g/mol. The maximum absolute atomic E-state index is 12.4. The minimum atomic E-state index is -0.361. The fourth-order valence-electron chi connectivity index (χ4n) is 2.30. The Morgan fingerprint density at radius 3 is 2.46 bits per heavy atom. The Labute approximate surface area is 151 Å². The summed E-state index contributed by atoms with van der Waals surface area (Å²) in [6.45, 7) is 2.27. The summed E-state index contributed by atoms with van der Waals surface area (Å²) >= 11 is 0. The monoisotopic (exact) mass is 346 g/mol. The number of amides is 2. The SMILES string of the molecule is Cc1ccc(NC(=O)c2ccnc(C(=O)NCc3ccccn3)c2)cc1. The molecule has 0 aliphatic carbocycles. The molecule has 0 spiro atoms. The van der Waals surface area contributed by atoms with E-state index in [9.17, 15) is 9.59 Å². The lowest BCUT2D eigenvalue weighted by atomic mass is 10.2. The lowest BCUT2D eigenvalue weighted by Crippen LogP contribution is -2.24. The zero-order valence-electron chi connectivity index (χ0n) is 14.3. The number of pyridine rings is 2. The maximum atomic E-state index is 12.4. The summed E-state index contributed by atoms with van der Waals surface area (Å²) in [5.41, 5.74) is 3.09. The largest absolute Gasteiger partial charge is 0.345 e. The number of carbonyl (C=O) groups is 2. The van der Waals surface area contributed by atoms with E-state index in [1.165, 1.54) is 12.3 Å². The summed E-state index contributed by atoms with van der Waals surface area (Å²) in [6, 6.07) is 16.0. The average Bonchev–Trinajstić information content (AvgIpc) is 2.69. The van der Waals surface area contributed by atoms with E-state index in [1.54, 1.807) is 12.3 Å². The van der Waals surface area contributed by atoms with Gasteiger partial charge in [0.05, 0.1) is 12.2 Å². The van der Waals surface area contributed by atoms with Gasteiger partial charge in [-0.1, -0.05) is 23.8 Å². The van der Waals surface area contributed by atoms with Gasteiger partial charge in [0, 0.05) is 23.6 Å². The van der Waals surface area contributed by atoms with Crippen molar-refractivity contribution in [3.8, 4) is 0 Å². The van der Waals surface area contributed by atoms with Crippen LogP contribution >= 0.6 is 0 Å². The molecule has 0 aliphatic rings. The first kappa shape index (κ1) is 17.3. The van der Waals surface area contributed by atoms with Crippen LogP contribution in [0.2, 0.25) is 0 Å². The molecule has 0 bridgehead atoms. The second-order valence-corrected chi connectivity index (χ2v) is 5.75. The Morgan fingerprint density at radius 1 is 0.923 bits per heavy atom. The third kappa shape index (κ3) is 4.51. The van der Waals surface area contributed by atoms with Gasteiger partial charge in [0.1, 0.15) is 5.69 Å². The van der Waals surface area contributed by atoms with Crippen LogP contribution in [0.4, 0.5) is 5.69 Å². The van der Waals surface area contributed by atoms with Gasteiger partial charge in [-0.05, 0) is 43.3 Å². The van der Waals surface area contributed by atoms with Crippen LogP contribution in [0.25, 0.3) is 0 Å². The molecule has 26 heavy (non-hydrogen) atoms. The molecular weight excluding hydrogens is 328 g/mol. The molecule has 2 heterocycles. The molecule has 0 unspecified atom stereocenters. The predicted octanol–water partition coefficient (Wildman–Crippen LogP) is 2.97. The van der Waals surface area contributed by atoms with Gasteiger partial charge in [0.25, 0.3) is 11.8 Å². The lowest BCUT2D eigenvalue weighted by molar-refractivity contribution is 0.0945. The first-order chi connectivity index (χ1) is 12.6. The first-order valence-corrected chi connectivity index (χ1v) is 8.14. The zero-order valence-corrected chi connectivity index (χ0v) is 14.3. The van der Waals surface area contributed by atoms with Gasteiger partial charge in [-0.25, -0.2) is 0 Å². The Kier molecular flexibility index (Phi) is 5.34. The standard InChI is InChI=1S/C20H18N4O2/c1-14-5-7-16(8-6-14)24-19(25)15-9-11-22-18(12-15)20(26)23-13-17-4-2-3-10-21-17/h2-12H,13H2,1H3,(H,23,26)(H,24,25). The smallest absolute Gasteiger partial charge is 0.270 e. The van der Waals surface area contributed by atoms with Gasteiger partial charge in [0.2, 0.25) is 0 Å². The molecule has 0 radical (unpaired) electrons. The molecular formula is C20H18N4O2. The number of anilines is 1. The fraction of sp³-hybridized carbons (Fsp3) is 0.100. The van der Waals surface area contributed by atoms with Gasteiger partial charge < -0.3 is 10.6 Å². The van der Waals surface area contributed by atoms with Crippen LogP contribution in [-0.2, 0) is 6.54 Å². The maximum Gasteiger partial charge on any atom is 0.270 e. The molecule has 130 valence electrons. The van der Waals surface area contributed by atoms with E-state index in [0.717, 1.165) is 11.3 Å². The Bertz CT molecular complexity index is 909. The van der Waals surface area contributed by atoms with Crippen molar-refractivity contribution in [2.75, 3.05) is 5.32 Å². The summed E-state index contributed by atoms with van der Waals surface area (Å²) in [5.74, 6) is -0.657. The Balaban J connectivity index is 1.66. The van der Waals surface area contributed by atoms with Crippen LogP contribution in [0, 0.1) is 6.92 Å². The molecule has 0 saturated heterocycles. The van der Waals surface area contributed by atoms with E-state index >= 15 is 0 Å². The van der Waals surface area contributed by atoms with Crippen molar-refractivity contribution in [3.63, 3.8) is 0 Å². The van der Waals surface area contributed by atoms with E-state index in [0.29, 0.717) is 17.8 Å². The quantitative estimate of drug-likeness (QED) is 0.744. The van der Waals surface area contributed by atoms with E-state index in [-0.39, 0.29) is 17.5 Å². The summed E-state index contributed by atoms with van der Waals surface area (Å²) < 4.78 is 0. The number of hydrogen-bond acceptors (Lipinski definition) is 4. The molecule has 3 aromatic rings. The highest BCUT2D eigenvalue weighted by atomic mass is 16.2. The molecule has 2 aromatic heterocycles. The second kappa shape index (κ2) is 8.02. The van der Waals surface area contributed by atoms with Crippen LogP contribution in [-0.4, -0.2) is 21.8 Å². The topological polar surface area (TPSA) is 84.0 Å². The number of aryl methyl sites for hydroxylation is 1. The fourth-order valence-corrected chi connectivity index (χ4v) is 2.30. The molecule has 2 amide bonds. The summed E-state index contributed by atoms with van der Waals surface area (Å²) in [6.07, 6.45) is 3.11. The number of carbonyl (C=O) groups excluding carboxylic acids is 2. The van der Waals surface area contributed by atoms with E-state index < -0.39 is 0 Å². The molecule has 3 rings (SSSR count). The van der Waals surface area contributed by atoms with Crippen molar-refractivity contribution in [2.24, 2.45) is 0 Å². The van der Waals surface area contributed by atoms with Crippen molar-refractivity contribution in [1.29, 1.82) is 0 Å². The summed E-state index contributed by atoms with van der Waals surface area (Å²) in [5, 5.41) is 5.54. The molecule has 0 saturated carbocycles. The zero-order chi connectivity index (χ0) is 18.4. The highest BCUT2D eigenvalue weighted by molar-refractivity contribution is 6.05. The minimum absolute atomic E-state index is 0.178. The first-order valence-electron chi connectivity index (χ1n) is 8.14. The highest BCUT2D eigenvalue weighted by Crippen LogP contribution is 2.11. The van der Waals surface area contributed by atoms with Crippen LogP contribution in [0.3, 0.4) is 0 Å². The third-order valence-electron chi connectivity index (χ3n) is 3.72. The van der Waals surface area contributed by atoms with Crippen LogP contribution in [0.5, 0.6) is 0 Å². The summed E-state index contributed by atoms with van der Waals surface area (Å²) in [4.78, 5) is 32.8. The molecule has 6 heteroatoms. The van der Waals surface area contributed by atoms with Crippen LogP contribution in [0.15, 0.2) is 67.0 Å². The highest BCUT2D eigenvalue weighted by Gasteiger charge is 2.12. The van der Waals surface area contributed by atoms with Gasteiger partial charge in [-0.15, -0.1) is 0 Å². The van der Waals surface area contributed by atoms with E-state index in [2.05, 4.69) is 20.6 Å². The molecule has 1 aromatic carbocycles. The van der Waals surface area contributed by atoms with E-state index in [4.69, 9.17) is 0 Å². The number of hydrogen-bond donors (Lipinski definition) is 2. The number of nitrogens with one attached hydrogen (secondary N) is 2. The molecule has 0 fully saturated rings. The molecule has 6 nitrogen and oxygen atoms in total. The number of nitrogens with zero attached hydrogens (tertiary/aromatic N) is 2. The predicted molar refractivity (Wildman–Crippen MR) is 98.8 cm³/mol. The van der Waals surface area contributed by atoms with Crippen molar-refractivity contribution >= 4 is 17.5 Å². The van der Waals surface area contributed by atoms with Crippen molar-refractivity contribution in [2.45, 2.75) is 13.5 Å². The van der Waals surface area contributed by atoms with Gasteiger partial charge in [0.15, 0.2) is 0 Å².